The number of hydrogen-bond acceptors (Lipinski definition) is 7. The summed E-state index contributed by atoms with van der Waals surface area (Å²) in [6.07, 6.45) is -2.93. The second kappa shape index (κ2) is 9.52. The Kier molecular flexibility index (Phi) is 8.04. The van der Waals surface area contributed by atoms with Crippen LogP contribution in [0.25, 0.3) is 0 Å². The molecule has 0 saturated carbocycles. The van der Waals surface area contributed by atoms with E-state index in [-0.39, 0.29) is 32.0 Å². The molecule has 1 heterocycles. The molecule has 1 fully saturated rings. The second-order valence-corrected chi connectivity index (χ2v) is 5.50. The average molecular weight is 366 g/mol. The van der Waals surface area contributed by atoms with E-state index in [1.54, 1.807) is 4.90 Å². The average Bonchev–Trinajstić information content (AvgIpc) is 3.00. The third kappa shape index (κ3) is 6.46. The van der Waals surface area contributed by atoms with Gasteiger partial charge in [0.1, 0.15) is 12.6 Å². The molecular formula is C15H21F3N2O5. The van der Waals surface area contributed by atoms with Crippen LogP contribution in [0.4, 0.5) is 13.2 Å². The van der Waals surface area contributed by atoms with Gasteiger partial charge in [-0.25, -0.2) is 9.59 Å². The van der Waals surface area contributed by atoms with E-state index in [0.29, 0.717) is 19.4 Å². The highest BCUT2D eigenvalue weighted by Crippen LogP contribution is 2.24. The van der Waals surface area contributed by atoms with E-state index in [0.717, 1.165) is 0 Å². The summed E-state index contributed by atoms with van der Waals surface area (Å²) in [7, 11) is 0. The van der Waals surface area contributed by atoms with Gasteiger partial charge in [-0.05, 0) is 25.8 Å². The van der Waals surface area contributed by atoms with E-state index >= 15 is 0 Å². The molecule has 0 amide bonds. The van der Waals surface area contributed by atoms with Crippen LogP contribution in [0.1, 0.15) is 25.7 Å². The summed E-state index contributed by atoms with van der Waals surface area (Å²) in [5.74, 6) is -4.57. The van der Waals surface area contributed by atoms with E-state index in [1.165, 1.54) is 6.08 Å². The number of halogens is 3. The van der Waals surface area contributed by atoms with Gasteiger partial charge in [-0.1, -0.05) is 12.7 Å². The molecule has 0 aromatic heterocycles. The van der Waals surface area contributed by atoms with Crippen LogP contribution in [0.15, 0.2) is 12.7 Å². The molecule has 0 unspecified atom stereocenters. The maximum atomic E-state index is 12.3. The zero-order chi connectivity index (χ0) is 19.0. The second-order valence-electron chi connectivity index (χ2n) is 5.50. The minimum atomic E-state index is -5.28. The molecule has 142 valence electrons. The van der Waals surface area contributed by atoms with Crippen molar-refractivity contribution in [3.63, 3.8) is 0 Å². The minimum Gasteiger partial charge on any atom is -0.461 e. The number of hydrogen-bond donors (Lipinski definition) is 1. The van der Waals surface area contributed by atoms with Crippen molar-refractivity contribution in [2.24, 2.45) is 5.73 Å². The number of esters is 3. The molecule has 0 aromatic rings. The van der Waals surface area contributed by atoms with Gasteiger partial charge in [-0.15, -0.1) is 0 Å². The largest absolute Gasteiger partial charge is 0.491 e. The lowest BCUT2D eigenvalue weighted by molar-refractivity contribution is -0.203. The van der Waals surface area contributed by atoms with Crippen LogP contribution in [-0.4, -0.2) is 60.8 Å². The van der Waals surface area contributed by atoms with E-state index in [9.17, 15) is 27.6 Å². The van der Waals surface area contributed by atoms with Gasteiger partial charge < -0.3 is 15.2 Å². The minimum absolute atomic E-state index is 0.0182. The Hall–Kier alpha value is -1.94. The molecule has 2 atom stereocenters. The number of nitrogens with two attached hydrogens (primary N) is 1. The maximum Gasteiger partial charge on any atom is 0.491 e. The lowest BCUT2D eigenvalue weighted by Gasteiger charge is -2.30. The first kappa shape index (κ1) is 21.1. The number of carbonyl (C=O) groups is 3. The third-order valence-electron chi connectivity index (χ3n) is 3.78. The van der Waals surface area contributed by atoms with Crippen molar-refractivity contribution in [2.75, 3.05) is 19.7 Å². The predicted molar refractivity (Wildman–Crippen MR) is 80.1 cm³/mol. The summed E-state index contributed by atoms with van der Waals surface area (Å²) in [4.78, 5) is 36.1. The molecular weight excluding hydrogens is 345 g/mol. The van der Waals surface area contributed by atoms with Gasteiger partial charge in [-0.2, -0.15) is 13.2 Å². The fourth-order valence-corrected chi connectivity index (χ4v) is 2.64. The zero-order valence-electron chi connectivity index (χ0n) is 13.6. The number of likely N-dealkylation sites (tertiary alicyclic amines) is 1. The molecule has 25 heavy (non-hydrogen) atoms. The number of rotatable bonds is 8. The third-order valence-corrected chi connectivity index (χ3v) is 3.78. The molecule has 0 aliphatic carbocycles. The SMILES string of the molecule is C=CCOC(=O)CC[C@H](C(=O)OC(=O)C(F)(F)F)N1CCC[C@H]1CN. The summed E-state index contributed by atoms with van der Waals surface area (Å²) < 4.78 is 45.6. The monoisotopic (exact) mass is 366 g/mol. The van der Waals surface area contributed by atoms with Crippen LogP contribution in [0.2, 0.25) is 0 Å². The zero-order valence-corrected chi connectivity index (χ0v) is 13.6. The number of alkyl halides is 3. The van der Waals surface area contributed by atoms with Gasteiger partial charge in [0.05, 0.1) is 0 Å². The fraction of sp³-hybridized carbons (Fsp3) is 0.667. The van der Waals surface area contributed by atoms with E-state index in [1.807, 2.05) is 0 Å². The predicted octanol–water partition coefficient (Wildman–Crippen LogP) is 0.920. The van der Waals surface area contributed by atoms with Crippen molar-refractivity contribution in [3.8, 4) is 0 Å². The van der Waals surface area contributed by atoms with Crippen LogP contribution in [-0.2, 0) is 23.9 Å². The van der Waals surface area contributed by atoms with Crippen LogP contribution >= 0.6 is 0 Å². The number of ether oxygens (including phenoxy) is 2. The molecule has 1 rings (SSSR count). The molecule has 0 spiro atoms. The molecule has 10 heteroatoms. The molecule has 0 radical (unpaired) electrons. The van der Waals surface area contributed by atoms with Crippen molar-refractivity contribution in [1.29, 1.82) is 0 Å². The van der Waals surface area contributed by atoms with E-state index in [2.05, 4.69) is 11.3 Å². The Morgan fingerprint density at radius 1 is 1.36 bits per heavy atom. The Balaban J connectivity index is 2.80. The summed E-state index contributed by atoms with van der Waals surface area (Å²) in [5.41, 5.74) is 5.61. The van der Waals surface area contributed by atoms with Gasteiger partial charge in [-0.3, -0.25) is 9.69 Å². The van der Waals surface area contributed by atoms with Crippen LogP contribution < -0.4 is 5.73 Å². The summed E-state index contributed by atoms with van der Waals surface area (Å²) in [5, 5.41) is 0. The highest BCUT2D eigenvalue weighted by molar-refractivity contribution is 5.91. The highest BCUT2D eigenvalue weighted by Gasteiger charge is 2.45. The Morgan fingerprint density at radius 3 is 2.60 bits per heavy atom. The molecule has 7 nitrogen and oxygen atoms in total. The summed E-state index contributed by atoms with van der Waals surface area (Å²) in [6, 6.07) is -1.42. The molecule has 1 aliphatic rings. The van der Waals surface area contributed by atoms with E-state index in [4.69, 9.17) is 10.5 Å². The van der Waals surface area contributed by atoms with Gasteiger partial charge in [0.25, 0.3) is 0 Å². The molecule has 0 aromatic carbocycles. The quantitative estimate of drug-likeness (QED) is 0.387. The van der Waals surface area contributed by atoms with Crippen molar-refractivity contribution in [3.05, 3.63) is 12.7 Å². The van der Waals surface area contributed by atoms with Crippen molar-refractivity contribution in [1.82, 2.24) is 4.90 Å². The topological polar surface area (TPSA) is 98.9 Å². The first-order valence-corrected chi connectivity index (χ1v) is 7.75. The van der Waals surface area contributed by atoms with Crippen LogP contribution in [0.5, 0.6) is 0 Å². The molecule has 2 N–H and O–H groups in total. The van der Waals surface area contributed by atoms with Gasteiger partial charge in [0, 0.05) is 19.0 Å². The first-order chi connectivity index (χ1) is 11.7. The normalized spacial score (nSPS) is 19.3. The van der Waals surface area contributed by atoms with Crippen molar-refractivity contribution < 1.29 is 37.0 Å². The van der Waals surface area contributed by atoms with Crippen molar-refractivity contribution in [2.45, 2.75) is 43.9 Å². The first-order valence-electron chi connectivity index (χ1n) is 7.75. The van der Waals surface area contributed by atoms with Crippen LogP contribution in [0.3, 0.4) is 0 Å². The fourth-order valence-electron chi connectivity index (χ4n) is 2.64. The van der Waals surface area contributed by atoms with Crippen molar-refractivity contribution >= 4 is 17.9 Å². The summed E-state index contributed by atoms with van der Waals surface area (Å²) in [6.45, 7) is 3.96. The number of nitrogens with zero attached hydrogens (tertiary/aromatic N) is 1. The highest BCUT2D eigenvalue weighted by atomic mass is 19.4. The van der Waals surface area contributed by atoms with Gasteiger partial charge >= 0.3 is 24.1 Å². The Morgan fingerprint density at radius 2 is 2.04 bits per heavy atom. The maximum absolute atomic E-state index is 12.3. The van der Waals surface area contributed by atoms with E-state index < -0.39 is 30.1 Å². The van der Waals surface area contributed by atoms with Gasteiger partial charge in [0.2, 0.25) is 0 Å². The lowest BCUT2D eigenvalue weighted by atomic mass is 10.1. The molecule has 1 aliphatic heterocycles. The smallest absolute Gasteiger partial charge is 0.461 e. The summed E-state index contributed by atoms with van der Waals surface area (Å²) >= 11 is 0. The van der Waals surface area contributed by atoms with Crippen LogP contribution in [0, 0.1) is 0 Å². The molecule has 0 bridgehead atoms. The lowest BCUT2D eigenvalue weighted by Crippen LogP contribution is -2.48. The number of carbonyl (C=O) groups excluding carboxylic acids is 3. The van der Waals surface area contributed by atoms with Gasteiger partial charge in [0.15, 0.2) is 0 Å². The standard InChI is InChI=1S/C15H21F3N2O5/c1-2-8-24-12(21)6-5-11(20-7-3-4-10(20)9-19)13(22)25-14(23)15(16,17)18/h2,10-11H,1,3-9,19H2/t10-,11+/m0/s1. The Labute approximate surface area is 142 Å². The molecule has 1 saturated heterocycles. The Bertz CT molecular complexity index is 510.